The second-order valence-corrected chi connectivity index (χ2v) is 5.24. The number of carbonyl (C=O) groups excluding carboxylic acids is 1. The minimum absolute atomic E-state index is 0. The molecule has 1 aromatic rings. The largest absolute Gasteiger partial charge is 0.493 e. The highest BCUT2D eigenvalue weighted by atomic mass is 35.5. The van der Waals surface area contributed by atoms with Crippen LogP contribution in [0.15, 0.2) is 18.2 Å². The minimum atomic E-state index is 0. The third-order valence-corrected chi connectivity index (χ3v) is 4.01. The van der Waals surface area contributed by atoms with Crippen molar-refractivity contribution in [3.05, 3.63) is 29.3 Å². The summed E-state index contributed by atoms with van der Waals surface area (Å²) in [5, 5.41) is 6.30. The van der Waals surface area contributed by atoms with E-state index in [1.165, 1.54) is 5.56 Å². The topological polar surface area (TPSA) is 50.4 Å². The molecule has 4 nitrogen and oxygen atoms in total. The van der Waals surface area contributed by atoms with Crippen LogP contribution in [0, 0.1) is 5.92 Å². The zero-order chi connectivity index (χ0) is 13.2. The average molecular weight is 297 g/mol. The van der Waals surface area contributed by atoms with Crippen molar-refractivity contribution in [3.63, 3.8) is 0 Å². The van der Waals surface area contributed by atoms with Crippen molar-refractivity contribution in [3.8, 4) is 5.75 Å². The Balaban J connectivity index is 0.00000147. The third kappa shape index (κ3) is 2.76. The molecule has 110 valence electrons. The minimum Gasteiger partial charge on any atom is -0.493 e. The number of halogens is 1. The lowest BCUT2D eigenvalue weighted by atomic mass is 9.95. The molecule has 20 heavy (non-hydrogen) atoms. The highest BCUT2D eigenvalue weighted by Crippen LogP contribution is 2.35. The van der Waals surface area contributed by atoms with E-state index in [0.29, 0.717) is 6.61 Å². The van der Waals surface area contributed by atoms with Gasteiger partial charge in [-0.2, -0.15) is 0 Å². The summed E-state index contributed by atoms with van der Waals surface area (Å²) in [5.74, 6) is 1.28. The van der Waals surface area contributed by atoms with Gasteiger partial charge in [-0.05, 0) is 12.0 Å². The molecular weight excluding hydrogens is 276 g/mol. The maximum absolute atomic E-state index is 12.1. The number of hydrogen-bond donors (Lipinski definition) is 2. The Bertz CT molecular complexity index is 489. The molecule has 0 spiro atoms. The average Bonchev–Trinajstić information content (AvgIpc) is 2.36. The summed E-state index contributed by atoms with van der Waals surface area (Å²) in [6.45, 7) is 4.41. The summed E-state index contributed by atoms with van der Waals surface area (Å²) in [6, 6.07) is 6.32. The molecule has 2 N–H and O–H groups in total. The number of hydrogen-bond acceptors (Lipinski definition) is 3. The Hall–Kier alpha value is -1.26. The van der Waals surface area contributed by atoms with Crippen molar-refractivity contribution >= 4 is 18.3 Å². The van der Waals surface area contributed by atoms with Gasteiger partial charge in [0.1, 0.15) is 5.75 Å². The molecule has 1 fully saturated rings. The van der Waals surface area contributed by atoms with E-state index in [1.807, 2.05) is 0 Å². The second kappa shape index (κ2) is 6.46. The molecule has 2 aliphatic rings. The third-order valence-electron chi connectivity index (χ3n) is 4.01. The van der Waals surface area contributed by atoms with E-state index in [2.05, 4.69) is 35.8 Å². The van der Waals surface area contributed by atoms with Gasteiger partial charge in [0.2, 0.25) is 5.91 Å². The molecule has 0 radical (unpaired) electrons. The van der Waals surface area contributed by atoms with E-state index in [1.54, 1.807) is 0 Å². The van der Waals surface area contributed by atoms with Gasteiger partial charge >= 0.3 is 0 Å². The fourth-order valence-electron chi connectivity index (χ4n) is 2.68. The maximum atomic E-state index is 12.1. The quantitative estimate of drug-likeness (QED) is 0.895. The van der Waals surface area contributed by atoms with Crippen molar-refractivity contribution in [2.75, 3.05) is 19.7 Å². The van der Waals surface area contributed by atoms with Crippen LogP contribution < -0.4 is 15.4 Å². The van der Waals surface area contributed by atoms with Crippen LogP contribution in [-0.4, -0.2) is 25.6 Å². The number of para-hydroxylation sites is 1. The van der Waals surface area contributed by atoms with Crippen LogP contribution in [0.2, 0.25) is 0 Å². The number of nitrogens with one attached hydrogen (secondary N) is 2. The molecule has 2 heterocycles. The summed E-state index contributed by atoms with van der Waals surface area (Å²) < 4.78 is 5.79. The summed E-state index contributed by atoms with van der Waals surface area (Å²) >= 11 is 0. The standard InChI is InChI=1S/C15H20N2O2.ClH/c1-2-10-4-3-5-12-13(6-7-19-14(10)12)17-15(18)11-8-16-9-11;/h3-5,11,13,16H,2,6-9H2,1H3,(H,17,18);1H. The maximum Gasteiger partial charge on any atom is 0.226 e. The zero-order valence-corrected chi connectivity index (χ0v) is 12.5. The molecule has 0 aromatic heterocycles. The van der Waals surface area contributed by atoms with Crippen molar-refractivity contribution in [2.24, 2.45) is 5.92 Å². The SMILES string of the molecule is CCc1cccc2c1OCCC2NC(=O)C1CNC1.Cl. The smallest absolute Gasteiger partial charge is 0.226 e. The number of benzene rings is 1. The zero-order valence-electron chi connectivity index (χ0n) is 11.6. The van der Waals surface area contributed by atoms with Crippen molar-refractivity contribution < 1.29 is 9.53 Å². The first-order valence-corrected chi connectivity index (χ1v) is 7.05. The Morgan fingerprint density at radius 3 is 2.90 bits per heavy atom. The summed E-state index contributed by atoms with van der Waals surface area (Å²) in [5.41, 5.74) is 2.35. The van der Waals surface area contributed by atoms with Crippen LogP contribution >= 0.6 is 12.4 Å². The molecule has 0 aliphatic carbocycles. The number of ether oxygens (including phenoxy) is 1. The van der Waals surface area contributed by atoms with Crippen LogP contribution in [0.25, 0.3) is 0 Å². The molecule has 2 aliphatic heterocycles. The molecule has 1 aromatic carbocycles. The van der Waals surface area contributed by atoms with E-state index in [0.717, 1.165) is 37.2 Å². The van der Waals surface area contributed by atoms with Crippen molar-refractivity contribution in [1.29, 1.82) is 0 Å². The van der Waals surface area contributed by atoms with Gasteiger partial charge < -0.3 is 15.4 Å². The monoisotopic (exact) mass is 296 g/mol. The summed E-state index contributed by atoms with van der Waals surface area (Å²) in [4.78, 5) is 12.1. The lowest BCUT2D eigenvalue weighted by Gasteiger charge is -2.32. The van der Waals surface area contributed by atoms with Gasteiger partial charge in [0, 0.05) is 25.1 Å². The molecule has 1 amide bonds. The number of fused-ring (bicyclic) bond motifs is 1. The molecule has 1 saturated heterocycles. The second-order valence-electron chi connectivity index (χ2n) is 5.24. The van der Waals surface area contributed by atoms with Crippen LogP contribution in [0.4, 0.5) is 0 Å². The van der Waals surface area contributed by atoms with Gasteiger partial charge in [0.15, 0.2) is 0 Å². The van der Waals surface area contributed by atoms with Gasteiger partial charge in [-0.25, -0.2) is 0 Å². The van der Waals surface area contributed by atoms with Crippen molar-refractivity contribution in [1.82, 2.24) is 10.6 Å². The number of rotatable bonds is 3. The molecule has 0 saturated carbocycles. The molecule has 5 heteroatoms. The first kappa shape index (κ1) is 15.1. The Morgan fingerprint density at radius 2 is 2.25 bits per heavy atom. The molecule has 3 rings (SSSR count). The normalized spacial score (nSPS) is 20.9. The van der Waals surface area contributed by atoms with E-state index >= 15 is 0 Å². The van der Waals surface area contributed by atoms with Gasteiger partial charge in [-0.1, -0.05) is 25.1 Å². The fourth-order valence-corrected chi connectivity index (χ4v) is 2.68. The number of amides is 1. The van der Waals surface area contributed by atoms with Gasteiger partial charge in [0.05, 0.1) is 18.6 Å². The van der Waals surface area contributed by atoms with Crippen LogP contribution in [0.3, 0.4) is 0 Å². The summed E-state index contributed by atoms with van der Waals surface area (Å²) in [7, 11) is 0. The lowest BCUT2D eigenvalue weighted by Crippen LogP contribution is -2.51. The Labute approximate surface area is 125 Å². The van der Waals surface area contributed by atoms with E-state index < -0.39 is 0 Å². The molecule has 0 bridgehead atoms. The number of carbonyl (C=O) groups is 1. The molecule has 1 unspecified atom stereocenters. The van der Waals surface area contributed by atoms with Crippen LogP contribution in [0.5, 0.6) is 5.75 Å². The van der Waals surface area contributed by atoms with E-state index in [4.69, 9.17) is 4.74 Å². The fraction of sp³-hybridized carbons (Fsp3) is 0.533. The van der Waals surface area contributed by atoms with Crippen LogP contribution in [-0.2, 0) is 11.2 Å². The highest BCUT2D eigenvalue weighted by Gasteiger charge is 2.29. The van der Waals surface area contributed by atoms with Crippen LogP contribution in [0.1, 0.15) is 30.5 Å². The van der Waals surface area contributed by atoms with Gasteiger partial charge in [-0.3, -0.25) is 4.79 Å². The van der Waals surface area contributed by atoms with Crippen molar-refractivity contribution in [2.45, 2.75) is 25.8 Å². The lowest BCUT2D eigenvalue weighted by molar-refractivity contribution is -0.127. The molecular formula is C15H21ClN2O2. The first-order valence-electron chi connectivity index (χ1n) is 7.05. The predicted octanol–water partition coefficient (Wildman–Crippen LogP) is 1.83. The molecule has 1 atom stereocenters. The van der Waals surface area contributed by atoms with E-state index in [-0.39, 0.29) is 30.3 Å². The highest BCUT2D eigenvalue weighted by molar-refractivity contribution is 5.85. The van der Waals surface area contributed by atoms with Gasteiger partial charge in [-0.15, -0.1) is 12.4 Å². The number of aryl methyl sites for hydroxylation is 1. The Kier molecular flexibility index (Phi) is 4.89. The van der Waals surface area contributed by atoms with E-state index in [9.17, 15) is 4.79 Å². The van der Waals surface area contributed by atoms with Gasteiger partial charge in [0.25, 0.3) is 0 Å². The Morgan fingerprint density at radius 1 is 1.45 bits per heavy atom. The summed E-state index contributed by atoms with van der Waals surface area (Å²) in [6.07, 6.45) is 1.81. The first-order chi connectivity index (χ1) is 9.29. The predicted molar refractivity (Wildman–Crippen MR) is 80.4 cm³/mol.